The Balaban J connectivity index is 2.79. The van der Waals surface area contributed by atoms with Crippen LogP contribution in [0.25, 0.3) is 0 Å². The van der Waals surface area contributed by atoms with Gasteiger partial charge in [0, 0.05) is 13.0 Å². The molecule has 0 spiro atoms. The van der Waals surface area contributed by atoms with E-state index in [1.54, 1.807) is 6.92 Å². The molecule has 0 fully saturated rings. The lowest BCUT2D eigenvalue weighted by atomic mass is 10.2. The smallest absolute Gasteiger partial charge is 0.270 e. The van der Waals surface area contributed by atoms with E-state index in [4.69, 9.17) is 0 Å². The van der Waals surface area contributed by atoms with Crippen LogP contribution in [0.15, 0.2) is 4.34 Å². The van der Waals surface area contributed by atoms with Crippen molar-refractivity contribution in [2.24, 2.45) is 0 Å². The van der Waals surface area contributed by atoms with Crippen molar-refractivity contribution in [1.29, 1.82) is 0 Å². The lowest BCUT2D eigenvalue weighted by Gasteiger charge is -2.10. The second kappa shape index (κ2) is 6.21. The maximum absolute atomic E-state index is 11.9. The Morgan fingerprint density at radius 2 is 2.11 bits per heavy atom. The third-order valence-corrected chi connectivity index (χ3v) is 4.79. The molecule has 1 aromatic rings. The van der Waals surface area contributed by atoms with Crippen molar-refractivity contribution in [1.82, 2.24) is 14.9 Å². The van der Waals surface area contributed by atoms with Gasteiger partial charge in [-0.25, -0.2) is 13.1 Å². The largest absolute Gasteiger partial charge is 0.301 e. The van der Waals surface area contributed by atoms with Crippen molar-refractivity contribution in [2.75, 3.05) is 5.32 Å². The first-order chi connectivity index (χ1) is 8.35. The molecule has 2 N–H and O–H groups in total. The fourth-order valence-corrected chi connectivity index (χ4v) is 3.57. The van der Waals surface area contributed by atoms with E-state index in [1.165, 1.54) is 6.92 Å². The highest BCUT2D eigenvalue weighted by Gasteiger charge is 2.22. The summed E-state index contributed by atoms with van der Waals surface area (Å²) in [4.78, 5) is 10.8. The normalized spacial score (nSPS) is 13.3. The van der Waals surface area contributed by atoms with E-state index in [0.717, 1.165) is 24.2 Å². The van der Waals surface area contributed by atoms with Crippen LogP contribution in [-0.4, -0.2) is 30.6 Å². The lowest BCUT2D eigenvalue weighted by molar-refractivity contribution is -0.114. The van der Waals surface area contributed by atoms with Gasteiger partial charge in [-0.05, 0) is 13.3 Å². The molecule has 102 valence electrons. The van der Waals surface area contributed by atoms with E-state index in [9.17, 15) is 13.2 Å². The highest BCUT2D eigenvalue weighted by atomic mass is 32.2. The fraction of sp³-hybridized carbons (Fsp3) is 0.667. The van der Waals surface area contributed by atoms with Crippen LogP contribution in [0.5, 0.6) is 0 Å². The van der Waals surface area contributed by atoms with Crippen LogP contribution in [0, 0.1) is 0 Å². The summed E-state index contributed by atoms with van der Waals surface area (Å²) in [5.41, 5.74) is 0. The molecule has 0 radical (unpaired) electrons. The number of hydrogen-bond donors (Lipinski definition) is 2. The third-order valence-electron chi connectivity index (χ3n) is 2.00. The Kier molecular flexibility index (Phi) is 5.17. The minimum atomic E-state index is -3.65. The summed E-state index contributed by atoms with van der Waals surface area (Å²) >= 11 is 0.824. The van der Waals surface area contributed by atoms with Gasteiger partial charge in [-0.15, -0.1) is 10.2 Å². The van der Waals surface area contributed by atoms with Crippen LogP contribution in [0.4, 0.5) is 5.13 Å². The van der Waals surface area contributed by atoms with Gasteiger partial charge in [0.25, 0.3) is 10.0 Å². The molecular formula is C9H16N4O3S2. The van der Waals surface area contributed by atoms with Crippen molar-refractivity contribution in [2.45, 2.75) is 44.0 Å². The van der Waals surface area contributed by atoms with Gasteiger partial charge in [-0.3, -0.25) is 4.79 Å². The summed E-state index contributed by atoms with van der Waals surface area (Å²) in [7, 11) is -3.65. The van der Waals surface area contributed by atoms with Gasteiger partial charge >= 0.3 is 0 Å². The summed E-state index contributed by atoms with van der Waals surface area (Å²) in [5.74, 6) is -0.317. The van der Waals surface area contributed by atoms with E-state index >= 15 is 0 Å². The van der Waals surface area contributed by atoms with Crippen molar-refractivity contribution >= 4 is 32.4 Å². The summed E-state index contributed by atoms with van der Waals surface area (Å²) in [5, 5.41) is 9.71. The number of rotatable bonds is 6. The summed E-state index contributed by atoms with van der Waals surface area (Å²) in [6.45, 7) is 5.08. The molecule has 18 heavy (non-hydrogen) atoms. The molecule has 1 aromatic heterocycles. The highest BCUT2D eigenvalue weighted by Crippen LogP contribution is 2.20. The van der Waals surface area contributed by atoms with Gasteiger partial charge in [-0.2, -0.15) is 0 Å². The van der Waals surface area contributed by atoms with E-state index in [1.807, 2.05) is 6.92 Å². The monoisotopic (exact) mass is 292 g/mol. The molecule has 0 bridgehead atoms. The topological polar surface area (TPSA) is 101 Å². The minimum Gasteiger partial charge on any atom is -0.301 e. The van der Waals surface area contributed by atoms with Crippen molar-refractivity contribution in [3.63, 3.8) is 0 Å². The molecule has 0 unspecified atom stereocenters. The molecule has 0 aliphatic rings. The molecule has 1 rings (SSSR count). The van der Waals surface area contributed by atoms with Crippen molar-refractivity contribution in [3.05, 3.63) is 0 Å². The molecule has 1 heterocycles. The molecule has 0 aromatic carbocycles. The van der Waals surface area contributed by atoms with Crippen LogP contribution in [-0.2, 0) is 14.8 Å². The minimum absolute atomic E-state index is 0.144. The van der Waals surface area contributed by atoms with E-state index in [2.05, 4.69) is 20.2 Å². The van der Waals surface area contributed by atoms with Crippen molar-refractivity contribution < 1.29 is 13.2 Å². The van der Waals surface area contributed by atoms with E-state index < -0.39 is 10.0 Å². The zero-order valence-corrected chi connectivity index (χ0v) is 12.1. The average molecular weight is 292 g/mol. The summed E-state index contributed by atoms with van der Waals surface area (Å²) < 4.78 is 26.2. The second-order valence-corrected chi connectivity index (χ2v) is 6.73. The molecule has 1 amide bonds. The first-order valence-electron chi connectivity index (χ1n) is 5.48. The number of nitrogens with one attached hydrogen (secondary N) is 2. The van der Waals surface area contributed by atoms with Crippen LogP contribution in [0.2, 0.25) is 0 Å². The molecule has 0 aliphatic heterocycles. The molecule has 0 aliphatic carbocycles. The van der Waals surface area contributed by atoms with Gasteiger partial charge in [0.2, 0.25) is 15.4 Å². The Hall–Kier alpha value is -1.06. The van der Waals surface area contributed by atoms with Gasteiger partial charge in [0.05, 0.1) is 0 Å². The number of amides is 1. The Morgan fingerprint density at radius 1 is 1.44 bits per heavy atom. The fourth-order valence-electron chi connectivity index (χ4n) is 1.33. The van der Waals surface area contributed by atoms with E-state index in [-0.39, 0.29) is 21.4 Å². The van der Waals surface area contributed by atoms with E-state index in [0.29, 0.717) is 0 Å². The molecular weight excluding hydrogens is 276 g/mol. The van der Waals surface area contributed by atoms with Gasteiger partial charge in [-0.1, -0.05) is 24.7 Å². The predicted molar refractivity (Wildman–Crippen MR) is 68.9 cm³/mol. The second-order valence-electron chi connectivity index (χ2n) is 3.87. The van der Waals surface area contributed by atoms with Crippen LogP contribution in [0.1, 0.15) is 33.6 Å². The molecule has 9 heteroatoms. The zero-order valence-electron chi connectivity index (χ0n) is 10.4. The number of sulfonamides is 1. The Morgan fingerprint density at radius 3 is 2.67 bits per heavy atom. The maximum atomic E-state index is 11.9. The highest BCUT2D eigenvalue weighted by molar-refractivity contribution is 7.91. The lowest BCUT2D eigenvalue weighted by Crippen LogP contribution is -2.32. The molecule has 0 saturated carbocycles. The number of aromatic nitrogens is 2. The van der Waals surface area contributed by atoms with Crippen molar-refractivity contribution in [3.8, 4) is 0 Å². The third kappa shape index (κ3) is 4.31. The summed E-state index contributed by atoms with van der Waals surface area (Å²) in [6.07, 6.45) is 1.63. The standard InChI is InChI=1S/C9H16N4O3S2/c1-4-5-6(2)13-18(15,16)9-12-11-8(17-9)10-7(3)14/h6,13H,4-5H2,1-3H3,(H,10,11,14)/t6-/m1/s1. The molecule has 1 atom stereocenters. The predicted octanol–water partition coefficient (Wildman–Crippen LogP) is 0.963. The van der Waals surface area contributed by atoms with Crippen LogP contribution < -0.4 is 10.0 Å². The average Bonchev–Trinajstić information content (AvgIpc) is 2.65. The zero-order chi connectivity index (χ0) is 13.8. The van der Waals surface area contributed by atoms with Crippen LogP contribution in [0.3, 0.4) is 0 Å². The number of nitrogens with zero attached hydrogens (tertiary/aromatic N) is 2. The number of carbonyl (C=O) groups is 1. The Labute approximate surface area is 110 Å². The molecule has 0 saturated heterocycles. The number of carbonyl (C=O) groups excluding carboxylic acids is 1. The Bertz CT molecular complexity index is 512. The first-order valence-corrected chi connectivity index (χ1v) is 7.78. The van der Waals surface area contributed by atoms with Crippen LogP contribution >= 0.6 is 11.3 Å². The molecule has 7 nitrogen and oxygen atoms in total. The summed E-state index contributed by atoms with van der Waals surface area (Å²) in [6, 6.07) is -0.159. The quantitative estimate of drug-likeness (QED) is 0.761. The van der Waals surface area contributed by atoms with Gasteiger partial charge < -0.3 is 5.32 Å². The van der Waals surface area contributed by atoms with Gasteiger partial charge in [0.15, 0.2) is 0 Å². The SMILES string of the molecule is CCC[C@@H](C)NS(=O)(=O)c1nnc(NC(C)=O)s1. The van der Waals surface area contributed by atoms with Gasteiger partial charge in [0.1, 0.15) is 0 Å². The number of anilines is 1. The number of hydrogen-bond acceptors (Lipinski definition) is 6. The first kappa shape index (κ1) is 15.0. The maximum Gasteiger partial charge on any atom is 0.270 e.